The van der Waals surface area contributed by atoms with Crippen molar-refractivity contribution in [3.63, 3.8) is 0 Å². The molecule has 2 aromatic carbocycles. The van der Waals surface area contributed by atoms with Crippen molar-refractivity contribution in [2.24, 2.45) is 0 Å². The standard InChI is InChI=1S/C13H7IN2O2S/c14-12-6-5-11(7-13(12)16(17)18)19-10-3-1-9(8-15)2-4-10/h1-7H. The molecule has 2 rings (SSSR count). The summed E-state index contributed by atoms with van der Waals surface area (Å²) in [4.78, 5) is 12.2. The van der Waals surface area contributed by atoms with Crippen molar-refractivity contribution in [2.75, 3.05) is 0 Å². The number of hydrogen-bond acceptors (Lipinski definition) is 4. The molecule has 0 spiro atoms. The lowest BCUT2D eigenvalue weighted by Crippen LogP contribution is -1.91. The van der Waals surface area contributed by atoms with Crippen LogP contribution in [0.4, 0.5) is 5.69 Å². The predicted molar refractivity (Wildman–Crippen MR) is 81.1 cm³/mol. The largest absolute Gasteiger partial charge is 0.283 e. The molecule has 0 aromatic heterocycles. The summed E-state index contributed by atoms with van der Waals surface area (Å²) in [7, 11) is 0. The zero-order valence-electron chi connectivity index (χ0n) is 9.54. The van der Waals surface area contributed by atoms with Crippen LogP contribution in [0.3, 0.4) is 0 Å². The van der Waals surface area contributed by atoms with E-state index in [0.29, 0.717) is 9.13 Å². The summed E-state index contributed by atoms with van der Waals surface area (Å²) >= 11 is 3.38. The van der Waals surface area contributed by atoms with Crippen molar-refractivity contribution in [3.05, 3.63) is 61.7 Å². The van der Waals surface area contributed by atoms with Crippen LogP contribution in [0.15, 0.2) is 52.3 Å². The molecular weight excluding hydrogens is 375 g/mol. The molecule has 2 aromatic rings. The van der Waals surface area contributed by atoms with Gasteiger partial charge in [0.15, 0.2) is 0 Å². The van der Waals surface area contributed by atoms with E-state index in [0.717, 1.165) is 9.79 Å². The van der Waals surface area contributed by atoms with Crippen LogP contribution in [0, 0.1) is 25.0 Å². The van der Waals surface area contributed by atoms with Gasteiger partial charge in [-0.05, 0) is 59.0 Å². The molecule has 0 saturated heterocycles. The minimum Gasteiger partial charge on any atom is -0.258 e. The van der Waals surface area contributed by atoms with E-state index < -0.39 is 0 Å². The number of nitrogens with zero attached hydrogens (tertiary/aromatic N) is 2. The average molecular weight is 382 g/mol. The number of benzene rings is 2. The molecule has 0 saturated carbocycles. The van der Waals surface area contributed by atoms with Crippen LogP contribution in [-0.2, 0) is 0 Å². The molecule has 0 bridgehead atoms. The summed E-state index contributed by atoms with van der Waals surface area (Å²) in [6.07, 6.45) is 0. The van der Waals surface area contributed by atoms with Gasteiger partial charge in [-0.15, -0.1) is 0 Å². The minimum absolute atomic E-state index is 0.110. The first kappa shape index (κ1) is 13.8. The highest BCUT2D eigenvalue weighted by atomic mass is 127. The number of rotatable bonds is 3. The fourth-order valence-corrected chi connectivity index (χ4v) is 2.81. The number of nitro groups is 1. The molecular formula is C13H7IN2O2S. The van der Waals surface area contributed by atoms with Gasteiger partial charge in [-0.1, -0.05) is 11.8 Å². The van der Waals surface area contributed by atoms with Crippen molar-refractivity contribution in [2.45, 2.75) is 9.79 Å². The first-order valence-corrected chi connectivity index (χ1v) is 7.11. The topological polar surface area (TPSA) is 66.9 Å². The van der Waals surface area contributed by atoms with Gasteiger partial charge >= 0.3 is 0 Å². The fourth-order valence-electron chi connectivity index (χ4n) is 1.43. The summed E-state index contributed by atoms with van der Waals surface area (Å²) < 4.78 is 0.617. The van der Waals surface area contributed by atoms with Crippen LogP contribution in [0.1, 0.15) is 5.56 Å². The minimum atomic E-state index is -0.384. The van der Waals surface area contributed by atoms with E-state index in [1.165, 1.54) is 11.8 Å². The van der Waals surface area contributed by atoms with E-state index in [-0.39, 0.29) is 10.6 Å². The molecule has 4 nitrogen and oxygen atoms in total. The summed E-state index contributed by atoms with van der Waals surface area (Å²) in [6.45, 7) is 0. The van der Waals surface area contributed by atoms with Crippen molar-refractivity contribution in [1.29, 1.82) is 5.26 Å². The second-order valence-electron chi connectivity index (χ2n) is 3.61. The van der Waals surface area contributed by atoms with Crippen LogP contribution < -0.4 is 0 Å². The molecule has 0 aliphatic rings. The van der Waals surface area contributed by atoms with Gasteiger partial charge < -0.3 is 0 Å². The number of nitro benzene ring substituents is 1. The maximum Gasteiger partial charge on any atom is 0.283 e. The zero-order chi connectivity index (χ0) is 13.8. The van der Waals surface area contributed by atoms with E-state index in [4.69, 9.17) is 5.26 Å². The van der Waals surface area contributed by atoms with Crippen LogP contribution in [-0.4, -0.2) is 4.92 Å². The maximum atomic E-state index is 10.9. The Balaban J connectivity index is 2.25. The van der Waals surface area contributed by atoms with Gasteiger partial charge in [0.2, 0.25) is 0 Å². The van der Waals surface area contributed by atoms with E-state index in [1.54, 1.807) is 24.3 Å². The molecule has 94 valence electrons. The molecule has 0 amide bonds. The SMILES string of the molecule is N#Cc1ccc(Sc2ccc(I)c([N+](=O)[O-])c2)cc1. The molecule has 0 fully saturated rings. The molecule has 6 heteroatoms. The third-order valence-corrected chi connectivity index (χ3v) is 4.24. The van der Waals surface area contributed by atoms with Crippen molar-refractivity contribution in [3.8, 4) is 6.07 Å². The fraction of sp³-hybridized carbons (Fsp3) is 0. The van der Waals surface area contributed by atoms with Crippen LogP contribution in [0.25, 0.3) is 0 Å². The Hall–Kier alpha value is -1.59. The normalized spacial score (nSPS) is 9.89. The quantitative estimate of drug-likeness (QED) is 0.453. The Morgan fingerprint density at radius 3 is 2.37 bits per heavy atom. The Morgan fingerprint density at radius 1 is 1.16 bits per heavy atom. The molecule has 0 heterocycles. The lowest BCUT2D eigenvalue weighted by Gasteiger charge is -2.03. The molecule has 19 heavy (non-hydrogen) atoms. The maximum absolute atomic E-state index is 10.9. The van der Waals surface area contributed by atoms with Gasteiger partial charge in [0, 0.05) is 15.9 Å². The molecule has 0 aliphatic heterocycles. The van der Waals surface area contributed by atoms with Gasteiger partial charge in [-0.2, -0.15) is 5.26 Å². The molecule has 0 unspecified atom stereocenters. The van der Waals surface area contributed by atoms with Crippen molar-refractivity contribution >= 4 is 40.0 Å². The number of halogens is 1. The third-order valence-electron chi connectivity index (χ3n) is 2.33. The monoisotopic (exact) mass is 382 g/mol. The number of hydrogen-bond donors (Lipinski definition) is 0. The average Bonchev–Trinajstić information content (AvgIpc) is 2.41. The second kappa shape index (κ2) is 6.04. The summed E-state index contributed by atoms with van der Waals surface area (Å²) in [5.41, 5.74) is 0.706. The van der Waals surface area contributed by atoms with Crippen LogP contribution in [0.5, 0.6) is 0 Å². The Morgan fingerprint density at radius 2 is 1.79 bits per heavy atom. The first-order valence-electron chi connectivity index (χ1n) is 5.22. The van der Waals surface area contributed by atoms with E-state index in [2.05, 4.69) is 0 Å². The van der Waals surface area contributed by atoms with Crippen molar-refractivity contribution in [1.82, 2.24) is 0 Å². The van der Waals surface area contributed by atoms with Gasteiger partial charge in [0.05, 0.1) is 20.1 Å². The van der Waals surface area contributed by atoms with Crippen LogP contribution in [0.2, 0.25) is 0 Å². The smallest absolute Gasteiger partial charge is 0.258 e. The summed E-state index contributed by atoms with van der Waals surface area (Å²) in [6, 6.07) is 14.3. The first-order chi connectivity index (χ1) is 9.10. The third kappa shape index (κ3) is 3.45. The van der Waals surface area contributed by atoms with Gasteiger partial charge in [0.25, 0.3) is 5.69 Å². The molecule has 0 N–H and O–H groups in total. The predicted octanol–water partition coefficient (Wildman–Crippen LogP) is 4.22. The lowest BCUT2D eigenvalue weighted by molar-refractivity contribution is -0.386. The van der Waals surface area contributed by atoms with E-state index in [1.807, 2.05) is 46.9 Å². The zero-order valence-corrected chi connectivity index (χ0v) is 12.5. The van der Waals surface area contributed by atoms with Gasteiger partial charge in [-0.25, -0.2) is 0 Å². The molecule has 0 aliphatic carbocycles. The highest BCUT2D eigenvalue weighted by Gasteiger charge is 2.12. The Kier molecular flexibility index (Phi) is 4.39. The van der Waals surface area contributed by atoms with E-state index in [9.17, 15) is 10.1 Å². The summed E-state index contributed by atoms with van der Waals surface area (Å²) in [5.74, 6) is 0. The highest BCUT2D eigenvalue weighted by Crippen LogP contribution is 2.32. The van der Waals surface area contributed by atoms with Gasteiger partial charge in [-0.3, -0.25) is 10.1 Å². The lowest BCUT2D eigenvalue weighted by atomic mass is 10.2. The van der Waals surface area contributed by atoms with Gasteiger partial charge in [0.1, 0.15) is 0 Å². The highest BCUT2D eigenvalue weighted by molar-refractivity contribution is 14.1. The summed E-state index contributed by atoms with van der Waals surface area (Å²) in [5, 5.41) is 19.6. The Bertz CT molecular complexity index is 665. The second-order valence-corrected chi connectivity index (χ2v) is 5.92. The van der Waals surface area contributed by atoms with Crippen molar-refractivity contribution < 1.29 is 4.92 Å². The Labute approximate surface area is 127 Å². The molecule has 0 atom stereocenters. The van der Waals surface area contributed by atoms with E-state index >= 15 is 0 Å². The van der Waals surface area contributed by atoms with Crippen LogP contribution >= 0.6 is 34.4 Å². The molecule has 0 radical (unpaired) electrons. The number of nitriles is 1.